The Kier molecular flexibility index (Phi) is 3.01. The van der Waals surface area contributed by atoms with Crippen LogP contribution in [0.15, 0.2) is 24.5 Å². The van der Waals surface area contributed by atoms with E-state index in [1.807, 2.05) is 0 Å². The van der Waals surface area contributed by atoms with Gasteiger partial charge in [0.15, 0.2) is 18.9 Å². The van der Waals surface area contributed by atoms with Gasteiger partial charge in [-0.1, -0.05) is 0 Å². The van der Waals surface area contributed by atoms with Crippen LogP contribution in [0.25, 0.3) is 0 Å². The highest BCUT2D eigenvalue weighted by Gasteiger charge is 2.08. The quantitative estimate of drug-likeness (QED) is 0.503. The summed E-state index contributed by atoms with van der Waals surface area (Å²) < 4.78 is 1.76. The second-order valence-electron chi connectivity index (χ2n) is 2.66. The van der Waals surface area contributed by atoms with E-state index in [1.54, 1.807) is 29.1 Å². The molecule has 0 spiro atoms. The molecule has 1 aromatic heterocycles. The fourth-order valence-corrected chi connectivity index (χ4v) is 0.892. The molecule has 4 nitrogen and oxygen atoms in total. The van der Waals surface area contributed by atoms with Crippen molar-refractivity contribution in [3.8, 4) is 0 Å². The number of aromatic nitrogens is 1. The summed E-state index contributed by atoms with van der Waals surface area (Å²) in [6.07, 6.45) is 2.81. The Morgan fingerprint density at radius 3 is 2.50 bits per heavy atom. The van der Waals surface area contributed by atoms with E-state index in [0.29, 0.717) is 12.2 Å². The van der Waals surface area contributed by atoms with Crippen LogP contribution < -0.4 is 10.3 Å². The van der Waals surface area contributed by atoms with Crippen LogP contribution in [0.1, 0.15) is 0 Å². The third kappa shape index (κ3) is 2.48. The fraction of sp³-hybridized carbons (Fsp3) is 0.375. The maximum absolute atomic E-state index is 9.08. The van der Waals surface area contributed by atoms with E-state index in [-0.39, 0.29) is 6.61 Å². The molecule has 1 rings (SSSR count). The van der Waals surface area contributed by atoms with Gasteiger partial charge in [-0.15, -0.1) is 0 Å². The lowest BCUT2D eigenvalue weighted by Crippen LogP contribution is -2.40. The van der Waals surface area contributed by atoms with Crippen molar-refractivity contribution >= 4 is 5.69 Å². The van der Waals surface area contributed by atoms with E-state index < -0.39 is 6.10 Å². The summed E-state index contributed by atoms with van der Waals surface area (Å²) in [5, 5.41) is 17.6. The first-order valence-electron chi connectivity index (χ1n) is 3.76. The highest BCUT2D eigenvalue weighted by atomic mass is 16.3. The van der Waals surface area contributed by atoms with E-state index in [9.17, 15) is 0 Å². The standard InChI is InChI=1S/C8H12N2O2/c9-7-1-3-10(4-2-7)5-8(12)6-11/h1-4,8-9,11-12H,5-6H2/p+1/t8-/m0/s1. The highest BCUT2D eigenvalue weighted by Crippen LogP contribution is 1.93. The van der Waals surface area contributed by atoms with Gasteiger partial charge in [0.2, 0.25) is 0 Å². The van der Waals surface area contributed by atoms with Gasteiger partial charge in [-0.05, 0) is 0 Å². The minimum atomic E-state index is -0.710. The summed E-state index contributed by atoms with van der Waals surface area (Å²) in [6, 6.07) is 3.48. The van der Waals surface area contributed by atoms with Gasteiger partial charge in [0.1, 0.15) is 6.10 Å². The molecule has 12 heavy (non-hydrogen) atoms. The van der Waals surface area contributed by atoms with Crippen molar-refractivity contribution in [3.05, 3.63) is 24.5 Å². The Labute approximate surface area is 70.9 Å². The molecule has 0 saturated heterocycles. The molecule has 0 aliphatic rings. The normalized spacial score (nSPS) is 12.8. The monoisotopic (exact) mass is 169 g/mol. The van der Waals surface area contributed by atoms with Gasteiger partial charge in [0.05, 0.1) is 6.61 Å². The summed E-state index contributed by atoms with van der Waals surface area (Å²) in [4.78, 5) is 0. The number of hydrogen-bond acceptors (Lipinski definition) is 3. The van der Waals surface area contributed by atoms with Gasteiger partial charge >= 0.3 is 0 Å². The molecule has 0 aliphatic carbocycles. The summed E-state index contributed by atoms with van der Waals surface area (Å²) in [5.41, 5.74) is 6.15. The molecule has 0 saturated carbocycles. The summed E-state index contributed by atoms with van der Waals surface area (Å²) in [5.74, 6) is 0. The number of nitrogen functional groups attached to an aromatic ring is 1. The number of rotatable bonds is 3. The molecule has 66 valence electrons. The van der Waals surface area contributed by atoms with Crippen LogP contribution in [0, 0.1) is 0 Å². The molecule has 0 bridgehead atoms. The van der Waals surface area contributed by atoms with Crippen molar-refractivity contribution in [1.82, 2.24) is 0 Å². The summed E-state index contributed by atoms with van der Waals surface area (Å²) >= 11 is 0. The van der Waals surface area contributed by atoms with Crippen LogP contribution in [-0.4, -0.2) is 22.9 Å². The van der Waals surface area contributed by atoms with Gasteiger partial charge in [0.25, 0.3) is 0 Å². The number of pyridine rings is 1. The first kappa shape index (κ1) is 8.96. The molecule has 1 aromatic rings. The Morgan fingerprint density at radius 1 is 1.42 bits per heavy atom. The van der Waals surface area contributed by atoms with Crippen LogP contribution >= 0.6 is 0 Å². The molecule has 4 N–H and O–H groups in total. The topological polar surface area (TPSA) is 70.4 Å². The number of nitrogens with zero attached hydrogens (tertiary/aromatic N) is 1. The third-order valence-electron chi connectivity index (χ3n) is 1.55. The summed E-state index contributed by atoms with van der Waals surface area (Å²) in [6.45, 7) is 0.161. The largest absolute Gasteiger partial charge is 0.398 e. The minimum absolute atomic E-state index is 0.225. The maximum Gasteiger partial charge on any atom is 0.176 e. The fourth-order valence-electron chi connectivity index (χ4n) is 0.892. The number of aliphatic hydroxyl groups excluding tert-OH is 2. The molecule has 0 amide bonds. The molecular weight excluding hydrogens is 156 g/mol. The van der Waals surface area contributed by atoms with Gasteiger partial charge in [-0.3, -0.25) is 0 Å². The molecule has 0 aromatic carbocycles. The number of hydrogen-bond donors (Lipinski definition) is 3. The minimum Gasteiger partial charge on any atom is -0.398 e. The predicted molar refractivity (Wildman–Crippen MR) is 44.1 cm³/mol. The second-order valence-corrected chi connectivity index (χ2v) is 2.66. The zero-order valence-electron chi connectivity index (χ0n) is 6.72. The van der Waals surface area contributed by atoms with Crippen LogP contribution in [0.5, 0.6) is 0 Å². The van der Waals surface area contributed by atoms with Crippen LogP contribution in [0.4, 0.5) is 5.69 Å². The SMILES string of the molecule is Nc1cc[n+](C[C@H](O)CO)cc1. The molecule has 4 heteroatoms. The lowest BCUT2D eigenvalue weighted by Gasteiger charge is -2.01. The van der Waals surface area contributed by atoms with Crippen molar-refractivity contribution in [2.24, 2.45) is 0 Å². The van der Waals surface area contributed by atoms with Gasteiger partial charge < -0.3 is 15.9 Å². The molecule has 0 radical (unpaired) electrons. The van der Waals surface area contributed by atoms with Crippen molar-refractivity contribution in [1.29, 1.82) is 0 Å². The molecular formula is C8H13N2O2+. The number of anilines is 1. The average Bonchev–Trinajstić information content (AvgIpc) is 2.09. The summed E-state index contributed by atoms with van der Waals surface area (Å²) in [7, 11) is 0. The van der Waals surface area contributed by atoms with Crippen molar-refractivity contribution in [2.45, 2.75) is 12.6 Å². The molecule has 0 fully saturated rings. The molecule has 1 atom stereocenters. The molecule has 0 unspecified atom stereocenters. The number of nitrogens with two attached hydrogens (primary N) is 1. The predicted octanol–water partition coefficient (Wildman–Crippen LogP) is -1.09. The Hall–Kier alpha value is -1.13. The lowest BCUT2D eigenvalue weighted by molar-refractivity contribution is -0.703. The van der Waals surface area contributed by atoms with Gasteiger partial charge in [-0.25, -0.2) is 4.57 Å². The zero-order valence-corrected chi connectivity index (χ0v) is 6.72. The Bertz CT molecular complexity index is 235. The van der Waals surface area contributed by atoms with Crippen molar-refractivity contribution in [3.63, 3.8) is 0 Å². The van der Waals surface area contributed by atoms with E-state index in [2.05, 4.69) is 0 Å². The van der Waals surface area contributed by atoms with Gasteiger partial charge in [0, 0.05) is 17.8 Å². The number of aliphatic hydroxyl groups is 2. The van der Waals surface area contributed by atoms with Crippen molar-refractivity contribution in [2.75, 3.05) is 12.3 Å². The highest BCUT2D eigenvalue weighted by molar-refractivity contribution is 5.32. The zero-order chi connectivity index (χ0) is 8.97. The van der Waals surface area contributed by atoms with E-state index in [4.69, 9.17) is 15.9 Å². The first-order valence-corrected chi connectivity index (χ1v) is 3.76. The first-order chi connectivity index (χ1) is 5.72. The molecule has 1 heterocycles. The van der Waals surface area contributed by atoms with Gasteiger partial charge in [-0.2, -0.15) is 0 Å². The van der Waals surface area contributed by atoms with Crippen LogP contribution in [0.2, 0.25) is 0 Å². The maximum atomic E-state index is 9.08. The van der Waals surface area contributed by atoms with Crippen LogP contribution in [0.3, 0.4) is 0 Å². The lowest BCUT2D eigenvalue weighted by atomic mass is 10.3. The Morgan fingerprint density at radius 2 is 2.00 bits per heavy atom. The third-order valence-corrected chi connectivity index (χ3v) is 1.55. The van der Waals surface area contributed by atoms with E-state index >= 15 is 0 Å². The smallest absolute Gasteiger partial charge is 0.176 e. The van der Waals surface area contributed by atoms with Crippen molar-refractivity contribution < 1.29 is 14.8 Å². The average molecular weight is 169 g/mol. The molecule has 0 aliphatic heterocycles. The second kappa shape index (κ2) is 4.04. The van der Waals surface area contributed by atoms with E-state index in [1.165, 1.54) is 0 Å². The van der Waals surface area contributed by atoms with Crippen LogP contribution in [-0.2, 0) is 6.54 Å². The van der Waals surface area contributed by atoms with E-state index in [0.717, 1.165) is 0 Å². The Balaban J connectivity index is 2.58.